The van der Waals surface area contributed by atoms with Crippen molar-refractivity contribution in [1.29, 1.82) is 0 Å². The molecule has 5 fully saturated rings. The first-order chi connectivity index (χ1) is 31.0. The van der Waals surface area contributed by atoms with Crippen molar-refractivity contribution >= 4 is 11.9 Å². The molecular weight excluding hydrogens is 860 g/mol. The van der Waals surface area contributed by atoms with E-state index in [1.807, 2.05) is 0 Å². The van der Waals surface area contributed by atoms with E-state index in [2.05, 4.69) is 6.92 Å². The molecule has 0 spiro atoms. The Hall–Kier alpha value is -1.70. The van der Waals surface area contributed by atoms with Crippen LogP contribution >= 0.6 is 0 Å². The number of hydrogen-bond donors (Lipinski definition) is 8. The maximum Gasteiger partial charge on any atom is 0.309 e. The van der Waals surface area contributed by atoms with Gasteiger partial charge >= 0.3 is 11.9 Å². The van der Waals surface area contributed by atoms with Gasteiger partial charge in [-0.05, 0) is 46.5 Å². The van der Waals surface area contributed by atoms with Crippen molar-refractivity contribution in [2.24, 2.45) is 5.92 Å². The predicted molar refractivity (Wildman–Crippen MR) is 225 cm³/mol. The fraction of sp³-hybridized carbons (Fsp3) is 0.956. The zero-order chi connectivity index (χ0) is 47.5. The number of carbonyl (C=O) groups is 2. The maximum atomic E-state index is 13.8. The molecule has 5 heterocycles. The number of carbonyl (C=O) groups excluding carboxylic acids is 2. The van der Waals surface area contributed by atoms with Crippen LogP contribution in [0.5, 0.6) is 0 Å². The lowest BCUT2D eigenvalue weighted by atomic mass is 9.95. The molecule has 5 aliphatic heterocycles. The maximum absolute atomic E-state index is 13.8. The van der Waals surface area contributed by atoms with Gasteiger partial charge in [0, 0.05) is 6.42 Å². The number of hydrogen-bond acceptors (Lipinski definition) is 20. The Kier molecular flexibility index (Phi) is 21.5. The molecule has 65 heavy (non-hydrogen) atoms. The molecular formula is C45H78O20. The molecule has 2 bridgehead atoms. The Morgan fingerprint density at radius 2 is 1.23 bits per heavy atom. The van der Waals surface area contributed by atoms with Gasteiger partial charge in [0.05, 0.1) is 36.9 Å². The van der Waals surface area contributed by atoms with Gasteiger partial charge in [0.25, 0.3) is 0 Å². The molecule has 8 N–H and O–H groups in total. The molecule has 5 saturated heterocycles. The first-order valence-corrected chi connectivity index (χ1v) is 24.0. The molecule has 0 aromatic carbocycles. The number of aliphatic hydroxyl groups excluding tert-OH is 8. The van der Waals surface area contributed by atoms with Crippen LogP contribution in [0.2, 0.25) is 0 Å². The number of unbranched alkanes of at least 4 members (excludes halogenated alkanes) is 2. The molecule has 20 nitrogen and oxygen atoms in total. The summed E-state index contributed by atoms with van der Waals surface area (Å²) in [5.41, 5.74) is 0. The lowest BCUT2D eigenvalue weighted by Crippen LogP contribution is -2.67. The van der Waals surface area contributed by atoms with Crippen molar-refractivity contribution in [2.45, 2.75) is 260 Å². The molecule has 0 aromatic heterocycles. The molecule has 0 radical (unpaired) electrons. The number of aliphatic hydroxyl groups is 8. The van der Waals surface area contributed by atoms with E-state index in [1.165, 1.54) is 13.8 Å². The largest absolute Gasteiger partial charge is 0.455 e. The van der Waals surface area contributed by atoms with E-state index in [1.54, 1.807) is 20.8 Å². The first kappa shape index (κ1) is 54.2. The highest BCUT2D eigenvalue weighted by Crippen LogP contribution is 2.37. The summed E-state index contributed by atoms with van der Waals surface area (Å²) in [6.45, 7) is 9.25. The second-order valence-corrected chi connectivity index (χ2v) is 18.5. The van der Waals surface area contributed by atoms with Gasteiger partial charge in [-0.25, -0.2) is 0 Å². The highest BCUT2D eigenvalue weighted by atomic mass is 16.8. The highest BCUT2D eigenvalue weighted by molar-refractivity contribution is 5.72. The summed E-state index contributed by atoms with van der Waals surface area (Å²) < 4.78 is 62.1. The topological polar surface area (TPSA) is 288 Å². The molecule has 1 unspecified atom stereocenters. The number of esters is 2. The monoisotopic (exact) mass is 939 g/mol. The third-order valence-electron chi connectivity index (χ3n) is 13.4. The van der Waals surface area contributed by atoms with Gasteiger partial charge in [-0.3, -0.25) is 9.59 Å². The van der Waals surface area contributed by atoms with Crippen LogP contribution in [0, 0.1) is 5.92 Å². The summed E-state index contributed by atoms with van der Waals surface area (Å²) in [5, 5.41) is 87.8. The van der Waals surface area contributed by atoms with E-state index in [0.29, 0.717) is 25.7 Å². The van der Waals surface area contributed by atoms with Gasteiger partial charge in [0.2, 0.25) is 6.29 Å². The molecule has 0 amide bonds. The molecule has 5 rings (SSSR count). The average molecular weight is 939 g/mol. The normalized spacial score (nSPS) is 44.8. The lowest BCUT2D eigenvalue weighted by molar-refractivity contribution is -0.402. The van der Waals surface area contributed by atoms with Crippen molar-refractivity contribution in [1.82, 2.24) is 0 Å². The van der Waals surface area contributed by atoms with Crippen molar-refractivity contribution in [2.75, 3.05) is 6.61 Å². The van der Waals surface area contributed by atoms with Crippen LogP contribution in [0.1, 0.15) is 131 Å². The zero-order valence-electron chi connectivity index (χ0n) is 38.8. The Balaban J connectivity index is 1.56. The van der Waals surface area contributed by atoms with Crippen LogP contribution in [-0.4, -0.2) is 188 Å². The minimum absolute atomic E-state index is 0.0153. The van der Waals surface area contributed by atoms with Crippen LogP contribution in [0.3, 0.4) is 0 Å². The van der Waals surface area contributed by atoms with E-state index >= 15 is 0 Å². The lowest BCUT2D eigenvalue weighted by Gasteiger charge is -2.50. The van der Waals surface area contributed by atoms with Crippen LogP contribution in [0.15, 0.2) is 0 Å². The molecule has 20 heteroatoms. The van der Waals surface area contributed by atoms with Crippen molar-refractivity contribution in [3.63, 3.8) is 0 Å². The predicted octanol–water partition coefficient (Wildman–Crippen LogP) is 0.980. The molecule has 0 aromatic rings. The van der Waals surface area contributed by atoms with Crippen LogP contribution in [-0.2, 0) is 57.0 Å². The summed E-state index contributed by atoms with van der Waals surface area (Å²) in [7, 11) is 0. The number of rotatable bonds is 10. The van der Waals surface area contributed by atoms with E-state index < -0.39 is 147 Å². The third-order valence-corrected chi connectivity index (χ3v) is 13.4. The summed E-state index contributed by atoms with van der Waals surface area (Å²) in [6, 6.07) is 0. The Morgan fingerprint density at radius 1 is 0.631 bits per heavy atom. The van der Waals surface area contributed by atoms with Gasteiger partial charge in [0.15, 0.2) is 31.1 Å². The summed E-state index contributed by atoms with van der Waals surface area (Å²) in [6.07, 6.45) is -20.3. The quantitative estimate of drug-likeness (QED) is 0.112. The van der Waals surface area contributed by atoms with Gasteiger partial charge in [-0.1, -0.05) is 78.6 Å². The molecule has 5 aliphatic rings. The molecule has 0 aliphatic carbocycles. The van der Waals surface area contributed by atoms with Crippen molar-refractivity contribution < 1.29 is 97.8 Å². The number of ether oxygens (including phenoxy) is 10. The van der Waals surface area contributed by atoms with E-state index in [9.17, 15) is 50.4 Å². The minimum atomic E-state index is -1.87. The summed E-state index contributed by atoms with van der Waals surface area (Å²) >= 11 is 0. The summed E-state index contributed by atoms with van der Waals surface area (Å²) in [5.74, 6) is -2.10. The molecule has 0 saturated carbocycles. The molecule has 22 atom stereocenters. The van der Waals surface area contributed by atoms with Crippen LogP contribution in [0.25, 0.3) is 0 Å². The van der Waals surface area contributed by atoms with E-state index in [0.717, 1.165) is 57.8 Å². The van der Waals surface area contributed by atoms with Gasteiger partial charge in [-0.15, -0.1) is 0 Å². The van der Waals surface area contributed by atoms with Gasteiger partial charge in [-0.2, -0.15) is 0 Å². The standard InChI is InChI=1S/C45H78O20/c1-7-9-15-18-26-19-16-13-11-10-12-14-17-20-28(47)61-39-36(64-42-35(54)32(51)29(48)23(4)56-42)25(6)58-45(40(39)63-41(55)22(3)8-2)65-44-38(34(53)31(50)27(21-46)60-44)62-37-33(52)30(49)24(5)57-43(37)59-26/h22-27,29-40,42-46,48-54H,7-21H2,1-6H3/t22?,23-,24-,25-,26+,27-,29-,30-,31-,32+,33+,34+,35-,36+,37-,38-,39-,40-,42+,43+,44+,45+/m1/s1. The van der Waals surface area contributed by atoms with Crippen molar-refractivity contribution in [3.05, 3.63) is 0 Å². The highest BCUT2D eigenvalue weighted by Gasteiger charge is 2.57. The SMILES string of the molecule is CCCCC[C@H]1CCCCCCCCCC(=O)O[C@@H]2[C@@H](O[C@@H]3O[C@H](C)[C@@H](O)[C@H](O)[C@H]3O)[C@@H](C)O[C@@H](O[C@@H]3O[C@H](CO)[C@@H](O)[C@H](O)[C@H]3O[C@H]3[C@H](O1)O[C@H](C)[C@@H](O)[C@@H]3O)[C@@H]2OC(=O)C(C)CC. The second kappa shape index (κ2) is 25.8. The fourth-order valence-corrected chi connectivity index (χ4v) is 8.94. The smallest absolute Gasteiger partial charge is 0.309 e. The van der Waals surface area contributed by atoms with Crippen LogP contribution < -0.4 is 0 Å². The number of fused-ring (bicyclic) bond motifs is 4. The summed E-state index contributed by atoms with van der Waals surface area (Å²) in [4.78, 5) is 27.5. The van der Waals surface area contributed by atoms with Crippen molar-refractivity contribution in [3.8, 4) is 0 Å². The average Bonchev–Trinajstić information content (AvgIpc) is 3.28. The zero-order valence-corrected chi connectivity index (χ0v) is 38.8. The molecule has 378 valence electrons. The third kappa shape index (κ3) is 14.0. The first-order valence-electron chi connectivity index (χ1n) is 24.0. The van der Waals surface area contributed by atoms with E-state index in [-0.39, 0.29) is 12.5 Å². The minimum Gasteiger partial charge on any atom is -0.455 e. The van der Waals surface area contributed by atoms with Gasteiger partial charge in [0.1, 0.15) is 67.1 Å². The Morgan fingerprint density at radius 3 is 1.89 bits per heavy atom. The van der Waals surface area contributed by atoms with Crippen LogP contribution in [0.4, 0.5) is 0 Å². The van der Waals surface area contributed by atoms with Gasteiger partial charge < -0.3 is 88.2 Å². The fourth-order valence-electron chi connectivity index (χ4n) is 8.94. The second-order valence-electron chi connectivity index (χ2n) is 18.5. The van der Waals surface area contributed by atoms with E-state index in [4.69, 9.17) is 47.4 Å². The Labute approximate surface area is 382 Å². The Bertz CT molecular complexity index is 1430.